The van der Waals surface area contributed by atoms with Gasteiger partial charge in [-0.3, -0.25) is 0 Å². The molecule has 0 spiro atoms. The minimum absolute atomic E-state index is 0.0544. The molecule has 0 aromatic heterocycles. The van der Waals surface area contributed by atoms with Gasteiger partial charge in [0.25, 0.3) is 0 Å². The van der Waals surface area contributed by atoms with E-state index in [0.29, 0.717) is 0 Å². The van der Waals surface area contributed by atoms with E-state index in [9.17, 15) is 14.7 Å². The highest BCUT2D eigenvalue weighted by Gasteiger charge is 2.13. The molecule has 0 radical (unpaired) electrons. The van der Waals surface area contributed by atoms with Crippen molar-refractivity contribution in [2.24, 2.45) is 0 Å². The Balaban J connectivity index is 1.41. The number of carboxylic acids is 1. The molecular formula is C29H20O4. The Morgan fingerprint density at radius 2 is 1.42 bits per heavy atom. The van der Waals surface area contributed by atoms with Gasteiger partial charge in [-0.2, -0.15) is 0 Å². The minimum Gasteiger partial charge on any atom is -0.478 e. The van der Waals surface area contributed by atoms with Crippen molar-refractivity contribution in [1.29, 1.82) is 0 Å². The number of hydrogen-bond acceptors (Lipinski definition) is 3. The summed E-state index contributed by atoms with van der Waals surface area (Å²) in [6, 6.07) is 27.8. The fraction of sp³-hybridized carbons (Fsp3) is 0.0345. The number of carbonyl (C=O) groups excluding carboxylic acids is 1. The topological polar surface area (TPSA) is 63.6 Å². The van der Waals surface area contributed by atoms with Crippen molar-refractivity contribution >= 4 is 50.3 Å². The minimum atomic E-state index is -1.19. The van der Waals surface area contributed by atoms with Crippen molar-refractivity contribution in [3.63, 3.8) is 0 Å². The second-order valence-corrected chi connectivity index (χ2v) is 7.84. The zero-order valence-electron chi connectivity index (χ0n) is 17.7. The van der Waals surface area contributed by atoms with E-state index in [1.165, 1.54) is 22.2 Å². The number of carbonyl (C=O) groups is 2. The third kappa shape index (κ3) is 4.06. The first-order valence-corrected chi connectivity index (χ1v) is 10.6. The predicted molar refractivity (Wildman–Crippen MR) is 131 cm³/mol. The summed E-state index contributed by atoms with van der Waals surface area (Å²) in [7, 11) is 0. The Morgan fingerprint density at radius 1 is 0.758 bits per heavy atom. The summed E-state index contributed by atoms with van der Waals surface area (Å²) in [4.78, 5) is 24.0. The number of aliphatic carboxylic acids is 1. The van der Waals surface area contributed by atoms with Gasteiger partial charge >= 0.3 is 11.9 Å². The first-order chi connectivity index (χ1) is 16.1. The van der Waals surface area contributed by atoms with Crippen LogP contribution in [0.25, 0.3) is 38.4 Å². The van der Waals surface area contributed by atoms with Crippen LogP contribution in [-0.4, -0.2) is 17.0 Å². The number of carboxylic acid groups (broad SMARTS) is 1. The van der Waals surface area contributed by atoms with Crippen LogP contribution in [0.2, 0.25) is 0 Å². The second kappa shape index (κ2) is 8.60. The summed E-state index contributed by atoms with van der Waals surface area (Å²) in [6.07, 6.45) is 4.06. The molecule has 1 N–H and O–H groups in total. The van der Waals surface area contributed by atoms with Crippen molar-refractivity contribution in [3.05, 3.63) is 114 Å². The average molecular weight is 432 g/mol. The fourth-order valence-electron chi connectivity index (χ4n) is 4.17. The van der Waals surface area contributed by atoms with E-state index in [-0.39, 0.29) is 12.2 Å². The predicted octanol–water partition coefficient (Wildman–Crippen LogP) is 6.35. The Bertz CT molecular complexity index is 1530. The lowest BCUT2D eigenvalue weighted by Gasteiger charge is -2.13. The molecule has 0 fully saturated rings. The van der Waals surface area contributed by atoms with Crippen molar-refractivity contribution in [2.45, 2.75) is 6.61 Å². The maximum atomic E-state index is 12.4. The van der Waals surface area contributed by atoms with Gasteiger partial charge in [-0.05, 0) is 49.5 Å². The molecule has 0 saturated carbocycles. The van der Waals surface area contributed by atoms with Gasteiger partial charge in [-0.1, -0.05) is 91.0 Å². The molecule has 4 nitrogen and oxygen atoms in total. The van der Waals surface area contributed by atoms with Crippen molar-refractivity contribution in [3.8, 4) is 0 Å². The van der Waals surface area contributed by atoms with E-state index in [4.69, 9.17) is 4.74 Å². The van der Waals surface area contributed by atoms with E-state index in [1.807, 2.05) is 54.6 Å². The zero-order valence-corrected chi connectivity index (χ0v) is 17.7. The van der Waals surface area contributed by atoms with Crippen LogP contribution in [-0.2, 0) is 20.9 Å². The number of ether oxygens (including phenoxy) is 1. The fourth-order valence-corrected chi connectivity index (χ4v) is 4.17. The summed E-state index contributed by atoms with van der Waals surface area (Å²) in [5.41, 5.74) is 1.57. The van der Waals surface area contributed by atoms with Gasteiger partial charge in [0, 0.05) is 6.08 Å². The molecule has 0 unspecified atom stereocenters. The quantitative estimate of drug-likeness (QED) is 0.147. The molecule has 33 heavy (non-hydrogen) atoms. The van der Waals surface area contributed by atoms with Crippen LogP contribution < -0.4 is 0 Å². The van der Waals surface area contributed by atoms with Gasteiger partial charge < -0.3 is 9.84 Å². The normalized spacial score (nSPS) is 12.2. The van der Waals surface area contributed by atoms with Gasteiger partial charge in [0.15, 0.2) is 0 Å². The molecule has 0 aliphatic heterocycles. The molecule has 4 heteroatoms. The molecule has 0 aliphatic carbocycles. The number of benzene rings is 5. The molecule has 160 valence electrons. The lowest BCUT2D eigenvalue weighted by atomic mass is 9.92. The van der Waals surface area contributed by atoms with Gasteiger partial charge in [0.05, 0.1) is 5.57 Å². The Kier molecular flexibility index (Phi) is 5.33. The maximum Gasteiger partial charge on any atom is 0.335 e. The third-order valence-electron chi connectivity index (χ3n) is 5.76. The summed E-state index contributed by atoms with van der Waals surface area (Å²) in [6.45, 7) is 0.0544. The molecule has 5 aromatic rings. The van der Waals surface area contributed by atoms with Gasteiger partial charge in [-0.25, -0.2) is 9.59 Å². The van der Waals surface area contributed by atoms with E-state index in [2.05, 4.69) is 30.3 Å². The largest absolute Gasteiger partial charge is 0.478 e. The number of hydrogen-bond donors (Lipinski definition) is 1. The van der Waals surface area contributed by atoms with Crippen LogP contribution in [0.5, 0.6) is 0 Å². The molecular weight excluding hydrogens is 412 g/mol. The molecule has 0 atom stereocenters. The lowest BCUT2D eigenvalue weighted by Crippen LogP contribution is -2.06. The molecule has 0 amide bonds. The second-order valence-electron chi connectivity index (χ2n) is 7.84. The Hall–Kier alpha value is -4.44. The van der Waals surface area contributed by atoms with E-state index in [1.54, 1.807) is 6.08 Å². The van der Waals surface area contributed by atoms with Gasteiger partial charge in [0.1, 0.15) is 6.61 Å². The smallest absolute Gasteiger partial charge is 0.335 e. The molecule has 5 aromatic carbocycles. The van der Waals surface area contributed by atoms with Crippen molar-refractivity contribution in [2.75, 3.05) is 0 Å². The number of esters is 1. The monoisotopic (exact) mass is 432 g/mol. The Morgan fingerprint density at radius 3 is 2.15 bits per heavy atom. The number of rotatable bonds is 6. The standard InChI is InChI=1S/C29H20O4/c30-26(17-23(29(31)32)10-9-19-5-2-1-3-6-19)33-18-24-14-13-22-12-11-20-7-4-8-21-15-16-25(24)28(22)27(20)21/h1-17H,18H2,(H,31,32)/b10-9+,23-17-. The third-order valence-corrected chi connectivity index (χ3v) is 5.76. The molecule has 0 bridgehead atoms. The van der Waals surface area contributed by atoms with Crippen LogP contribution in [0.3, 0.4) is 0 Å². The maximum absolute atomic E-state index is 12.4. The molecule has 0 heterocycles. The molecule has 0 aliphatic rings. The highest BCUT2D eigenvalue weighted by molar-refractivity contribution is 6.23. The van der Waals surface area contributed by atoms with Crippen LogP contribution in [0, 0.1) is 0 Å². The van der Waals surface area contributed by atoms with E-state index in [0.717, 1.165) is 33.4 Å². The average Bonchev–Trinajstić information content (AvgIpc) is 2.84. The SMILES string of the molecule is O=C(/C=C(/C=C/c1ccccc1)C(=O)O)OCc1ccc2ccc3cccc4ccc1c2c34. The van der Waals surface area contributed by atoms with Gasteiger partial charge in [0.2, 0.25) is 0 Å². The summed E-state index contributed by atoms with van der Waals surface area (Å²) in [5.74, 6) is -1.89. The lowest BCUT2D eigenvalue weighted by molar-refractivity contribution is -0.140. The van der Waals surface area contributed by atoms with Crippen LogP contribution in [0.15, 0.2) is 103 Å². The molecule has 0 saturated heterocycles. The Labute approximate surface area is 190 Å². The first-order valence-electron chi connectivity index (χ1n) is 10.6. The van der Waals surface area contributed by atoms with E-state index < -0.39 is 11.9 Å². The van der Waals surface area contributed by atoms with Crippen LogP contribution >= 0.6 is 0 Å². The van der Waals surface area contributed by atoms with Crippen molar-refractivity contribution < 1.29 is 19.4 Å². The van der Waals surface area contributed by atoms with Crippen LogP contribution in [0.1, 0.15) is 11.1 Å². The first kappa shape index (κ1) is 20.5. The summed E-state index contributed by atoms with van der Waals surface area (Å²) >= 11 is 0. The van der Waals surface area contributed by atoms with Crippen LogP contribution in [0.4, 0.5) is 0 Å². The van der Waals surface area contributed by atoms with Crippen molar-refractivity contribution in [1.82, 2.24) is 0 Å². The highest BCUT2D eigenvalue weighted by Crippen LogP contribution is 2.36. The van der Waals surface area contributed by atoms with Gasteiger partial charge in [-0.15, -0.1) is 0 Å². The summed E-state index contributed by atoms with van der Waals surface area (Å²) in [5, 5.41) is 16.3. The zero-order chi connectivity index (χ0) is 22.8. The van der Waals surface area contributed by atoms with E-state index >= 15 is 0 Å². The summed E-state index contributed by atoms with van der Waals surface area (Å²) < 4.78 is 5.44. The molecule has 5 rings (SSSR count). The highest BCUT2D eigenvalue weighted by atomic mass is 16.5.